The molecule has 3 heteroatoms. The summed E-state index contributed by atoms with van der Waals surface area (Å²) in [4.78, 5) is 0. The molecular weight excluding hydrogens is 435 g/mol. The fourth-order valence-corrected chi connectivity index (χ4v) is 4.61. The molecule has 0 spiro atoms. The molecule has 2 nitrogen and oxygen atoms in total. The molecule has 0 atom stereocenters. The molecule has 3 rings (SSSR count). The largest absolute Gasteiger partial charge is 0.421 e. The Kier molecular flexibility index (Phi) is 8.21. The van der Waals surface area contributed by atoms with Gasteiger partial charge in [0.2, 0.25) is 8.67 Å². The molecule has 0 saturated carbocycles. The Morgan fingerprint density at radius 1 is 0.529 bits per heavy atom. The van der Waals surface area contributed by atoms with Crippen LogP contribution < -0.4 is 0 Å². The van der Waals surface area contributed by atoms with Crippen LogP contribution in [0.25, 0.3) is 21.9 Å². The third kappa shape index (κ3) is 6.31. The van der Waals surface area contributed by atoms with Crippen LogP contribution in [0.1, 0.15) is 126 Å². The smallest absolute Gasteiger partial charge is 0.201 e. The number of fused-ring (bicyclic) bond motifs is 3. The van der Waals surface area contributed by atoms with E-state index in [1.54, 1.807) is 0 Å². The summed E-state index contributed by atoms with van der Waals surface area (Å²) in [5, 5.41) is 2.32. The van der Waals surface area contributed by atoms with Crippen LogP contribution in [-0.2, 0) is 21.7 Å². The fraction of sp³-hybridized carbons (Fsp3) is 0.613. The maximum atomic E-state index is 6.35. The van der Waals surface area contributed by atoms with Crippen LogP contribution in [0.5, 0.6) is 0 Å². The molecule has 0 unspecified atom stereocenters. The Morgan fingerprint density at radius 3 is 1.06 bits per heavy atom. The summed E-state index contributed by atoms with van der Waals surface area (Å²) in [5.74, 6) is 0. The topological polar surface area (TPSA) is 26.3 Å². The quantitative estimate of drug-likeness (QED) is 0.317. The van der Waals surface area contributed by atoms with E-state index in [2.05, 4.69) is 121 Å². The first-order chi connectivity index (χ1) is 15.3. The highest BCUT2D eigenvalue weighted by atomic mass is 31.1. The minimum Gasteiger partial charge on any atom is -0.421 e. The fourth-order valence-electron chi connectivity index (χ4n) is 3.96. The third-order valence-electron chi connectivity index (χ3n) is 6.10. The average molecular weight is 485 g/mol. The van der Waals surface area contributed by atoms with Crippen LogP contribution in [0.3, 0.4) is 0 Å². The molecule has 3 aromatic rings. The van der Waals surface area contributed by atoms with Crippen LogP contribution in [0, 0.1) is 0 Å². The van der Waals surface area contributed by atoms with Crippen molar-refractivity contribution in [2.75, 3.05) is 0 Å². The van der Waals surface area contributed by atoms with Gasteiger partial charge in [0.1, 0.15) is 11.2 Å². The molecule has 1 heterocycles. The highest BCUT2D eigenvalue weighted by Gasteiger charge is 2.27. The normalized spacial score (nSPS) is 13.1. The van der Waals surface area contributed by atoms with Gasteiger partial charge in [-0.3, -0.25) is 0 Å². The Balaban J connectivity index is 0.00000129. The van der Waals surface area contributed by atoms with E-state index in [0.29, 0.717) is 0 Å². The lowest BCUT2D eigenvalue weighted by Gasteiger charge is -2.27. The summed E-state index contributed by atoms with van der Waals surface area (Å²) < 4.78 is 12.7. The summed E-state index contributed by atoms with van der Waals surface area (Å²) >= 11 is 0. The highest BCUT2D eigenvalue weighted by Crippen LogP contribution is 2.42. The van der Waals surface area contributed by atoms with E-state index in [9.17, 15) is 0 Å². The average Bonchev–Trinajstić information content (AvgIpc) is 2.83. The molecule has 34 heavy (non-hydrogen) atoms. The molecule has 0 fully saturated rings. The number of hydrogen-bond donors (Lipinski definition) is 0. The predicted octanol–water partition coefficient (Wildman–Crippen LogP) is 10.9. The Morgan fingerprint density at radius 2 is 0.824 bits per heavy atom. The molecule has 0 aliphatic carbocycles. The van der Waals surface area contributed by atoms with Gasteiger partial charge in [-0.25, -0.2) is 0 Å². The summed E-state index contributed by atoms with van der Waals surface area (Å²) in [5.41, 5.74) is 7.12. The predicted molar refractivity (Wildman–Crippen MR) is 154 cm³/mol. The van der Waals surface area contributed by atoms with E-state index in [0.717, 1.165) is 21.9 Å². The standard InChI is InChI=1S/C28H41O2P.C3H8/c1-25(2,3)17-13-19-20-14-18(26(4,5)6)16-22(28(10,11)12)24(20)30-31-29-23(19)21(15-17)27(7,8)9;1-3-2/h13-16,31H,1-12H3;3H2,1-2H3. The molecule has 0 aliphatic heterocycles. The monoisotopic (exact) mass is 484 g/mol. The molecule has 0 amide bonds. The zero-order valence-corrected chi connectivity index (χ0v) is 25.3. The molecule has 0 bridgehead atoms. The third-order valence-corrected chi connectivity index (χ3v) is 6.68. The minimum absolute atomic E-state index is 0.0329. The minimum atomic E-state index is -0.0534. The maximum Gasteiger partial charge on any atom is 0.201 e. The van der Waals surface area contributed by atoms with Crippen LogP contribution >= 0.6 is 8.67 Å². The summed E-state index contributed by atoms with van der Waals surface area (Å²) in [6, 6.07) is 9.35. The van der Waals surface area contributed by atoms with Crippen molar-refractivity contribution in [1.82, 2.24) is 0 Å². The van der Waals surface area contributed by atoms with Gasteiger partial charge in [0, 0.05) is 21.9 Å². The van der Waals surface area contributed by atoms with E-state index < -0.39 is 0 Å². The van der Waals surface area contributed by atoms with Crippen molar-refractivity contribution in [3.8, 4) is 0 Å². The maximum absolute atomic E-state index is 6.35. The van der Waals surface area contributed by atoms with Crippen LogP contribution in [0.15, 0.2) is 32.7 Å². The second-order valence-corrected chi connectivity index (χ2v) is 14.4. The van der Waals surface area contributed by atoms with Crippen molar-refractivity contribution in [2.45, 2.75) is 125 Å². The van der Waals surface area contributed by atoms with Gasteiger partial charge in [-0.2, -0.15) is 0 Å². The molecule has 0 N–H and O–H groups in total. The van der Waals surface area contributed by atoms with Gasteiger partial charge in [-0.1, -0.05) is 115 Å². The number of hydrogen-bond acceptors (Lipinski definition) is 2. The van der Waals surface area contributed by atoms with Crippen molar-refractivity contribution in [2.24, 2.45) is 0 Å². The molecule has 0 saturated heterocycles. The van der Waals surface area contributed by atoms with E-state index >= 15 is 0 Å². The van der Waals surface area contributed by atoms with Crippen LogP contribution in [-0.4, -0.2) is 0 Å². The second kappa shape index (κ2) is 9.77. The second-order valence-electron chi connectivity index (χ2n) is 13.8. The van der Waals surface area contributed by atoms with Gasteiger partial charge in [0.05, 0.1) is 0 Å². The van der Waals surface area contributed by atoms with E-state index in [-0.39, 0.29) is 30.3 Å². The molecule has 0 aliphatic rings. The molecule has 0 radical (unpaired) electrons. The van der Waals surface area contributed by atoms with Crippen LogP contribution in [0.2, 0.25) is 0 Å². The van der Waals surface area contributed by atoms with Gasteiger partial charge < -0.3 is 8.39 Å². The Bertz CT molecular complexity index is 1080. The molecule has 2 aromatic carbocycles. The zero-order valence-electron chi connectivity index (χ0n) is 24.3. The van der Waals surface area contributed by atoms with Gasteiger partial charge in [0.15, 0.2) is 0 Å². The zero-order chi connectivity index (χ0) is 26.3. The van der Waals surface area contributed by atoms with Crippen molar-refractivity contribution in [3.05, 3.63) is 46.5 Å². The van der Waals surface area contributed by atoms with Gasteiger partial charge in [0.25, 0.3) is 0 Å². The van der Waals surface area contributed by atoms with Crippen LogP contribution in [0.4, 0.5) is 0 Å². The highest BCUT2D eigenvalue weighted by molar-refractivity contribution is 7.15. The lowest BCUT2D eigenvalue weighted by molar-refractivity contribution is 0.559. The summed E-state index contributed by atoms with van der Waals surface area (Å²) in [6.45, 7) is 31.5. The number of benzene rings is 2. The Labute approximate surface area is 210 Å². The van der Waals surface area contributed by atoms with Crippen molar-refractivity contribution in [1.29, 1.82) is 0 Å². The first-order valence-corrected chi connectivity index (χ1v) is 13.6. The lowest BCUT2D eigenvalue weighted by atomic mass is 9.77. The molecule has 190 valence electrons. The van der Waals surface area contributed by atoms with Gasteiger partial charge >= 0.3 is 0 Å². The number of rotatable bonds is 0. The van der Waals surface area contributed by atoms with E-state index in [1.165, 1.54) is 28.7 Å². The first-order valence-electron chi connectivity index (χ1n) is 12.8. The van der Waals surface area contributed by atoms with Crippen molar-refractivity contribution in [3.63, 3.8) is 0 Å². The molecule has 1 aromatic heterocycles. The van der Waals surface area contributed by atoms with Gasteiger partial charge in [-0.05, 0) is 44.9 Å². The SMILES string of the molecule is CC(C)(C)c1cc(C(C)(C)C)c2o[pH]oc3c(C(C)(C)C)cc(C(C)(C)C)cc3c2c1.CCC. The Hall–Kier alpha value is -1.66. The van der Waals surface area contributed by atoms with E-state index in [1.807, 2.05) is 0 Å². The van der Waals surface area contributed by atoms with E-state index in [4.69, 9.17) is 8.39 Å². The van der Waals surface area contributed by atoms with Crippen molar-refractivity contribution >= 4 is 30.6 Å². The van der Waals surface area contributed by atoms with Gasteiger partial charge in [-0.15, -0.1) is 0 Å². The lowest BCUT2D eigenvalue weighted by Crippen LogP contribution is -2.17. The summed E-state index contributed by atoms with van der Waals surface area (Å²) in [6.07, 6.45) is 1.25. The van der Waals surface area contributed by atoms with Crippen molar-refractivity contribution < 1.29 is 8.39 Å². The first kappa shape index (κ1) is 28.6. The molecular formula is C31H49O2P. The summed E-state index contributed by atoms with van der Waals surface area (Å²) in [7, 11) is -0.0534.